The van der Waals surface area contributed by atoms with Crippen LogP contribution in [0.2, 0.25) is 0 Å². The molecule has 38 heavy (non-hydrogen) atoms. The van der Waals surface area contributed by atoms with Crippen molar-refractivity contribution in [2.45, 2.75) is 6.54 Å². The van der Waals surface area contributed by atoms with E-state index in [9.17, 15) is 0 Å². The molecule has 3 aromatic heterocycles. The Bertz CT molecular complexity index is 1580. The Morgan fingerprint density at radius 3 is 2.53 bits per heavy atom. The number of nitrogens with zero attached hydrogens (tertiary/aromatic N) is 4. The number of nitrogens with one attached hydrogen (secondary N) is 2. The van der Waals surface area contributed by atoms with E-state index in [1.165, 1.54) is 0 Å². The second-order valence-electron chi connectivity index (χ2n) is 8.24. The standard InChI is InChI=1S/C26H24N6O5S/c1-33-20-9-16(10-21(34-2)23(20)35-3)29-24-22-25(32(13-28-22)17-6-7-38-12-17)31-26(30-24)27-11-15-4-5-18-19(8-15)37-14-36-18/h4-10,12-13H,11,14H2,1-3H3,(H2,27,29,30,31). The topological polar surface area (TPSA) is 114 Å². The molecule has 2 N–H and O–H groups in total. The normalized spacial score (nSPS) is 12.0. The summed E-state index contributed by atoms with van der Waals surface area (Å²) in [7, 11) is 4.71. The van der Waals surface area contributed by atoms with Gasteiger partial charge in [-0.2, -0.15) is 21.3 Å². The lowest BCUT2D eigenvalue weighted by atomic mass is 10.2. The number of imidazole rings is 1. The van der Waals surface area contributed by atoms with Gasteiger partial charge in [-0.1, -0.05) is 6.07 Å². The molecule has 0 saturated carbocycles. The zero-order valence-electron chi connectivity index (χ0n) is 20.8. The number of hydrogen-bond donors (Lipinski definition) is 2. The highest BCUT2D eigenvalue weighted by atomic mass is 32.1. The summed E-state index contributed by atoms with van der Waals surface area (Å²) in [5.74, 6) is 3.95. The van der Waals surface area contributed by atoms with Crippen LogP contribution in [0, 0.1) is 0 Å². The molecule has 0 atom stereocenters. The van der Waals surface area contributed by atoms with Gasteiger partial charge >= 0.3 is 0 Å². The number of ether oxygens (including phenoxy) is 5. The van der Waals surface area contributed by atoms with Gasteiger partial charge in [-0.05, 0) is 29.1 Å². The van der Waals surface area contributed by atoms with E-state index in [1.54, 1.807) is 39.0 Å². The van der Waals surface area contributed by atoms with Gasteiger partial charge in [0.05, 0.1) is 27.0 Å². The van der Waals surface area contributed by atoms with Crippen LogP contribution < -0.4 is 34.3 Å². The number of benzene rings is 2. The monoisotopic (exact) mass is 532 g/mol. The summed E-state index contributed by atoms with van der Waals surface area (Å²) in [4.78, 5) is 14.2. The number of rotatable bonds is 9. The molecule has 1 aliphatic rings. The van der Waals surface area contributed by atoms with E-state index < -0.39 is 0 Å². The molecule has 11 nitrogen and oxygen atoms in total. The van der Waals surface area contributed by atoms with Crippen LogP contribution in [0.3, 0.4) is 0 Å². The average Bonchev–Trinajstić information content (AvgIpc) is 3.71. The van der Waals surface area contributed by atoms with E-state index in [1.807, 2.05) is 51.7 Å². The molecular formula is C26H24N6O5S. The number of fused-ring (bicyclic) bond motifs is 2. The minimum Gasteiger partial charge on any atom is -0.493 e. The summed E-state index contributed by atoms with van der Waals surface area (Å²) < 4.78 is 29.3. The third-order valence-corrected chi connectivity index (χ3v) is 6.67. The van der Waals surface area contributed by atoms with E-state index in [0.717, 1.165) is 22.7 Å². The molecule has 0 radical (unpaired) electrons. The van der Waals surface area contributed by atoms with Gasteiger partial charge in [-0.3, -0.25) is 4.57 Å². The van der Waals surface area contributed by atoms with Gasteiger partial charge < -0.3 is 34.3 Å². The Balaban J connectivity index is 1.38. The molecule has 0 amide bonds. The predicted molar refractivity (Wildman–Crippen MR) is 144 cm³/mol. The highest BCUT2D eigenvalue weighted by Crippen LogP contribution is 2.41. The fraction of sp³-hybridized carbons (Fsp3) is 0.192. The zero-order chi connectivity index (χ0) is 26.1. The Morgan fingerprint density at radius 2 is 1.79 bits per heavy atom. The van der Waals surface area contributed by atoms with E-state index >= 15 is 0 Å². The van der Waals surface area contributed by atoms with Crippen LogP contribution in [-0.2, 0) is 6.54 Å². The summed E-state index contributed by atoms with van der Waals surface area (Å²) in [6.07, 6.45) is 1.74. The summed E-state index contributed by atoms with van der Waals surface area (Å²) in [5, 5.41) is 10.7. The smallest absolute Gasteiger partial charge is 0.231 e. The number of aromatic nitrogens is 4. The molecule has 0 fully saturated rings. The second kappa shape index (κ2) is 9.98. The van der Waals surface area contributed by atoms with Crippen molar-refractivity contribution in [1.82, 2.24) is 19.5 Å². The van der Waals surface area contributed by atoms with Crippen LogP contribution in [0.5, 0.6) is 28.7 Å². The van der Waals surface area contributed by atoms with Gasteiger partial charge in [-0.15, -0.1) is 0 Å². The van der Waals surface area contributed by atoms with Crippen LogP contribution in [0.1, 0.15) is 5.56 Å². The zero-order valence-corrected chi connectivity index (χ0v) is 21.7. The van der Waals surface area contributed by atoms with Crippen molar-refractivity contribution in [2.24, 2.45) is 0 Å². The highest BCUT2D eigenvalue weighted by molar-refractivity contribution is 7.08. The molecule has 4 heterocycles. The lowest BCUT2D eigenvalue weighted by Crippen LogP contribution is -2.07. The minimum absolute atomic E-state index is 0.231. The van der Waals surface area contributed by atoms with Gasteiger partial charge in [-0.25, -0.2) is 4.98 Å². The van der Waals surface area contributed by atoms with Gasteiger partial charge in [0.1, 0.15) is 6.33 Å². The fourth-order valence-electron chi connectivity index (χ4n) is 4.17. The van der Waals surface area contributed by atoms with Gasteiger partial charge in [0.2, 0.25) is 18.5 Å². The molecule has 0 bridgehead atoms. The molecule has 6 rings (SSSR count). The van der Waals surface area contributed by atoms with Crippen LogP contribution in [0.4, 0.5) is 17.5 Å². The number of methoxy groups -OCH3 is 3. The quantitative estimate of drug-likeness (QED) is 0.269. The van der Waals surface area contributed by atoms with E-state index in [0.29, 0.717) is 52.4 Å². The number of thiophene rings is 1. The van der Waals surface area contributed by atoms with Crippen molar-refractivity contribution in [2.75, 3.05) is 38.8 Å². The number of hydrogen-bond acceptors (Lipinski definition) is 11. The fourth-order valence-corrected chi connectivity index (χ4v) is 4.80. The van der Waals surface area contributed by atoms with Crippen LogP contribution in [0.25, 0.3) is 16.9 Å². The molecule has 5 aromatic rings. The van der Waals surface area contributed by atoms with Crippen molar-refractivity contribution in [3.8, 4) is 34.4 Å². The summed E-state index contributed by atoms with van der Waals surface area (Å²) in [6, 6.07) is 11.4. The maximum atomic E-state index is 5.51. The SMILES string of the molecule is COc1cc(Nc2nc(NCc3ccc4c(c3)OCO4)nc3c2ncn3-c2ccsc2)cc(OC)c1OC. The van der Waals surface area contributed by atoms with Crippen LogP contribution in [0.15, 0.2) is 53.5 Å². The summed E-state index contributed by atoms with van der Waals surface area (Å²) in [6.45, 7) is 0.715. The summed E-state index contributed by atoms with van der Waals surface area (Å²) >= 11 is 1.60. The lowest BCUT2D eigenvalue weighted by Gasteiger charge is -2.15. The molecule has 2 aromatic carbocycles. The van der Waals surface area contributed by atoms with E-state index in [-0.39, 0.29) is 6.79 Å². The maximum absolute atomic E-state index is 5.51. The molecule has 0 spiro atoms. The van der Waals surface area contributed by atoms with Crippen molar-refractivity contribution in [1.29, 1.82) is 0 Å². The van der Waals surface area contributed by atoms with Gasteiger partial charge in [0, 0.05) is 29.7 Å². The van der Waals surface area contributed by atoms with Crippen LogP contribution >= 0.6 is 11.3 Å². The highest BCUT2D eigenvalue weighted by Gasteiger charge is 2.19. The largest absolute Gasteiger partial charge is 0.493 e. The van der Waals surface area contributed by atoms with E-state index in [2.05, 4.69) is 15.6 Å². The Morgan fingerprint density at radius 1 is 0.974 bits per heavy atom. The van der Waals surface area contributed by atoms with E-state index in [4.69, 9.17) is 33.7 Å². The Kier molecular flexibility index (Phi) is 6.22. The molecule has 1 aliphatic heterocycles. The first-order valence-corrected chi connectivity index (χ1v) is 12.6. The molecule has 194 valence electrons. The maximum Gasteiger partial charge on any atom is 0.231 e. The molecule has 0 unspecified atom stereocenters. The first-order valence-electron chi connectivity index (χ1n) is 11.6. The van der Waals surface area contributed by atoms with Gasteiger partial charge in [0.25, 0.3) is 0 Å². The lowest BCUT2D eigenvalue weighted by molar-refractivity contribution is 0.174. The van der Waals surface area contributed by atoms with Crippen molar-refractivity contribution < 1.29 is 23.7 Å². The second-order valence-corrected chi connectivity index (χ2v) is 9.02. The third-order valence-electron chi connectivity index (χ3n) is 6.00. The average molecular weight is 533 g/mol. The molecule has 0 aliphatic carbocycles. The molecule has 0 saturated heterocycles. The Hall–Kier alpha value is -4.71. The number of anilines is 3. The van der Waals surface area contributed by atoms with Crippen LogP contribution in [-0.4, -0.2) is 47.6 Å². The molecule has 12 heteroatoms. The predicted octanol–water partition coefficient (Wildman–Crippen LogP) is 4.99. The van der Waals surface area contributed by atoms with Gasteiger partial charge in [0.15, 0.2) is 40.0 Å². The Labute approximate surface area is 221 Å². The first kappa shape index (κ1) is 23.7. The van der Waals surface area contributed by atoms with Crippen molar-refractivity contribution in [3.05, 3.63) is 59.0 Å². The van der Waals surface area contributed by atoms with Crippen molar-refractivity contribution >= 4 is 40.0 Å². The minimum atomic E-state index is 0.231. The first-order chi connectivity index (χ1) is 18.7. The molecular weight excluding hydrogens is 508 g/mol. The summed E-state index contributed by atoms with van der Waals surface area (Å²) in [5.41, 5.74) is 3.92. The third kappa shape index (κ3) is 4.34. The van der Waals surface area contributed by atoms with Crippen molar-refractivity contribution in [3.63, 3.8) is 0 Å².